The molecule has 124 valence electrons. The fraction of sp³-hybridized carbons (Fsp3) is 0.438. The summed E-state index contributed by atoms with van der Waals surface area (Å²) in [5.41, 5.74) is 0.943. The molecule has 0 N–H and O–H groups in total. The summed E-state index contributed by atoms with van der Waals surface area (Å²) < 4.78 is 12.1. The van der Waals surface area contributed by atoms with Crippen molar-refractivity contribution in [1.29, 1.82) is 0 Å². The number of thioether (sulfide) groups is 1. The maximum atomic E-state index is 11.6. The van der Waals surface area contributed by atoms with E-state index >= 15 is 0 Å². The van der Waals surface area contributed by atoms with Crippen LogP contribution in [0.25, 0.3) is 11.4 Å². The first-order chi connectivity index (χ1) is 11.2. The van der Waals surface area contributed by atoms with E-state index in [-0.39, 0.29) is 11.7 Å². The van der Waals surface area contributed by atoms with E-state index in [2.05, 4.69) is 17.1 Å². The van der Waals surface area contributed by atoms with Gasteiger partial charge in [-0.3, -0.25) is 4.79 Å². The molecule has 0 amide bonds. The van der Waals surface area contributed by atoms with E-state index < -0.39 is 0 Å². The Hall–Kier alpha value is -2.02. The number of carbonyl (C=O) groups excluding carboxylic acids is 1. The molecule has 0 aliphatic rings. The number of carbonyl (C=O) groups is 1. The van der Waals surface area contributed by atoms with Gasteiger partial charge in [0.15, 0.2) is 11.0 Å². The highest BCUT2D eigenvalue weighted by molar-refractivity contribution is 7.99. The zero-order valence-corrected chi connectivity index (χ0v) is 14.4. The van der Waals surface area contributed by atoms with Gasteiger partial charge in [0.2, 0.25) is 0 Å². The van der Waals surface area contributed by atoms with Gasteiger partial charge in [-0.15, -0.1) is 10.2 Å². The van der Waals surface area contributed by atoms with Gasteiger partial charge in [0.05, 0.1) is 19.5 Å². The highest BCUT2D eigenvalue weighted by Gasteiger charge is 2.13. The molecule has 6 nitrogen and oxygen atoms in total. The predicted octanol–water partition coefficient (Wildman–Crippen LogP) is 2.93. The van der Waals surface area contributed by atoms with Crippen molar-refractivity contribution in [3.05, 3.63) is 24.3 Å². The van der Waals surface area contributed by atoms with E-state index in [4.69, 9.17) is 9.47 Å². The van der Waals surface area contributed by atoms with Crippen molar-refractivity contribution in [2.75, 3.05) is 19.5 Å². The van der Waals surface area contributed by atoms with Crippen molar-refractivity contribution < 1.29 is 14.3 Å². The number of hydrogen-bond donors (Lipinski definition) is 0. The largest absolute Gasteiger partial charge is 0.497 e. The maximum absolute atomic E-state index is 11.6. The molecule has 0 saturated carbocycles. The molecule has 0 unspecified atom stereocenters. The van der Waals surface area contributed by atoms with Crippen molar-refractivity contribution in [2.45, 2.75) is 24.9 Å². The molecule has 0 spiro atoms. The summed E-state index contributed by atoms with van der Waals surface area (Å²) in [7, 11) is 3.51. The van der Waals surface area contributed by atoms with E-state index in [1.165, 1.54) is 11.8 Å². The molecule has 0 bridgehead atoms. The molecule has 1 aromatic carbocycles. The molecular weight excluding hydrogens is 314 g/mol. The summed E-state index contributed by atoms with van der Waals surface area (Å²) in [6, 6.07) is 7.61. The Morgan fingerprint density at radius 3 is 2.65 bits per heavy atom. The first-order valence-electron chi connectivity index (χ1n) is 7.48. The molecule has 1 aromatic heterocycles. The molecule has 0 aliphatic heterocycles. The molecule has 0 saturated heterocycles. The molecule has 0 atom stereocenters. The van der Waals surface area contributed by atoms with Gasteiger partial charge in [-0.1, -0.05) is 25.1 Å². The molecule has 2 rings (SSSR count). The van der Waals surface area contributed by atoms with E-state index in [0.29, 0.717) is 11.8 Å². The van der Waals surface area contributed by atoms with Crippen LogP contribution in [0.1, 0.15) is 19.8 Å². The van der Waals surface area contributed by atoms with Gasteiger partial charge >= 0.3 is 5.97 Å². The highest BCUT2D eigenvalue weighted by atomic mass is 32.2. The second-order valence-corrected chi connectivity index (χ2v) is 5.90. The summed E-state index contributed by atoms with van der Waals surface area (Å²) in [4.78, 5) is 11.6. The third-order valence-corrected chi connectivity index (χ3v) is 4.26. The molecule has 0 fully saturated rings. The van der Waals surface area contributed by atoms with Crippen LogP contribution in [0.4, 0.5) is 0 Å². The fourth-order valence-corrected chi connectivity index (χ4v) is 2.64. The lowest BCUT2D eigenvalue weighted by Gasteiger charge is -2.05. The molecule has 23 heavy (non-hydrogen) atoms. The number of rotatable bonds is 8. The number of ether oxygens (including phenoxy) is 2. The molecule has 0 radical (unpaired) electrons. The minimum absolute atomic E-state index is 0.225. The van der Waals surface area contributed by atoms with Gasteiger partial charge < -0.3 is 14.0 Å². The topological polar surface area (TPSA) is 66.2 Å². The summed E-state index contributed by atoms with van der Waals surface area (Å²) in [6.07, 6.45) is 1.90. The third-order valence-electron chi connectivity index (χ3n) is 3.26. The maximum Gasteiger partial charge on any atom is 0.316 e. The molecular formula is C16H21N3O3S. The van der Waals surface area contributed by atoms with Crippen molar-refractivity contribution in [3.8, 4) is 17.1 Å². The Morgan fingerprint density at radius 2 is 2.00 bits per heavy atom. The van der Waals surface area contributed by atoms with E-state index in [1.54, 1.807) is 7.11 Å². The van der Waals surface area contributed by atoms with Crippen LogP contribution in [0.2, 0.25) is 0 Å². The average Bonchev–Trinajstić information content (AvgIpc) is 2.94. The van der Waals surface area contributed by atoms with Crippen LogP contribution < -0.4 is 4.74 Å². The van der Waals surface area contributed by atoms with Crippen molar-refractivity contribution in [2.24, 2.45) is 7.05 Å². The first-order valence-corrected chi connectivity index (χ1v) is 8.46. The van der Waals surface area contributed by atoms with Crippen molar-refractivity contribution in [3.63, 3.8) is 0 Å². The van der Waals surface area contributed by atoms with Gasteiger partial charge in [0.25, 0.3) is 0 Å². The smallest absolute Gasteiger partial charge is 0.316 e. The van der Waals surface area contributed by atoms with Gasteiger partial charge in [0.1, 0.15) is 5.75 Å². The zero-order chi connectivity index (χ0) is 16.7. The molecule has 7 heteroatoms. The predicted molar refractivity (Wildman–Crippen MR) is 89.6 cm³/mol. The lowest BCUT2D eigenvalue weighted by molar-refractivity contribution is -0.140. The monoisotopic (exact) mass is 335 g/mol. The molecule has 0 aliphatic carbocycles. The van der Waals surface area contributed by atoms with Crippen LogP contribution in [0.15, 0.2) is 29.4 Å². The van der Waals surface area contributed by atoms with E-state index in [1.807, 2.05) is 35.9 Å². The van der Waals surface area contributed by atoms with Crippen LogP contribution in [-0.4, -0.2) is 40.2 Å². The van der Waals surface area contributed by atoms with Gasteiger partial charge in [-0.2, -0.15) is 0 Å². The number of unbranched alkanes of at least 4 members (excludes halogenated alkanes) is 1. The Kier molecular flexibility index (Phi) is 6.46. The van der Waals surface area contributed by atoms with E-state index in [0.717, 1.165) is 30.0 Å². The summed E-state index contributed by atoms with van der Waals surface area (Å²) in [5.74, 6) is 1.55. The van der Waals surface area contributed by atoms with E-state index in [9.17, 15) is 4.79 Å². The average molecular weight is 335 g/mol. The normalized spacial score (nSPS) is 10.6. The number of methoxy groups -OCH3 is 1. The third kappa shape index (κ3) is 4.72. The molecule has 2 aromatic rings. The second kappa shape index (κ2) is 8.57. The highest BCUT2D eigenvalue weighted by Crippen LogP contribution is 2.24. The SMILES string of the molecule is CCCCOC(=O)CSc1nnc(-c2ccc(OC)cc2)n1C. The molecule has 1 heterocycles. The number of nitrogens with zero attached hydrogens (tertiary/aromatic N) is 3. The fourth-order valence-electron chi connectivity index (χ4n) is 1.93. The van der Waals surface area contributed by atoms with Crippen LogP contribution in [-0.2, 0) is 16.6 Å². The zero-order valence-electron chi connectivity index (χ0n) is 13.6. The summed E-state index contributed by atoms with van der Waals surface area (Å²) in [5, 5.41) is 9.02. The van der Waals surface area contributed by atoms with Gasteiger partial charge in [0, 0.05) is 12.6 Å². The minimum atomic E-state index is -0.225. The van der Waals surface area contributed by atoms with Crippen molar-refractivity contribution in [1.82, 2.24) is 14.8 Å². The Bertz CT molecular complexity index is 641. The lowest BCUT2D eigenvalue weighted by atomic mass is 10.2. The van der Waals surface area contributed by atoms with Crippen molar-refractivity contribution >= 4 is 17.7 Å². The lowest BCUT2D eigenvalue weighted by Crippen LogP contribution is -2.09. The standard InChI is InChI=1S/C16H21N3O3S/c1-4-5-10-22-14(20)11-23-16-18-17-15(19(16)2)12-6-8-13(21-3)9-7-12/h6-9H,4-5,10-11H2,1-3H3. The van der Waals surface area contributed by atoms with Crippen LogP contribution >= 0.6 is 11.8 Å². The number of hydrogen-bond acceptors (Lipinski definition) is 6. The van der Waals surface area contributed by atoms with Crippen LogP contribution in [0, 0.1) is 0 Å². The number of aromatic nitrogens is 3. The number of esters is 1. The van der Waals surface area contributed by atoms with Crippen LogP contribution in [0.3, 0.4) is 0 Å². The summed E-state index contributed by atoms with van der Waals surface area (Å²) in [6.45, 7) is 2.54. The number of benzene rings is 1. The van der Waals surface area contributed by atoms with Gasteiger partial charge in [-0.25, -0.2) is 0 Å². The second-order valence-electron chi connectivity index (χ2n) is 4.96. The summed E-state index contributed by atoms with van der Waals surface area (Å²) >= 11 is 1.33. The van der Waals surface area contributed by atoms with Gasteiger partial charge in [-0.05, 0) is 30.7 Å². The quantitative estimate of drug-likeness (QED) is 0.420. The Labute approximate surface area is 140 Å². The Morgan fingerprint density at radius 1 is 1.26 bits per heavy atom. The minimum Gasteiger partial charge on any atom is -0.497 e. The van der Waals surface area contributed by atoms with Crippen LogP contribution in [0.5, 0.6) is 5.75 Å². The Balaban J connectivity index is 1.97. The first kappa shape index (κ1) is 17.3.